The molecule has 0 amide bonds. The molecule has 1 aromatic heterocycles. The lowest BCUT2D eigenvalue weighted by molar-refractivity contribution is 0.164. The van der Waals surface area contributed by atoms with Crippen molar-refractivity contribution in [1.29, 1.82) is 0 Å². The summed E-state index contributed by atoms with van der Waals surface area (Å²) in [4.78, 5) is 3.40. The van der Waals surface area contributed by atoms with Crippen molar-refractivity contribution in [3.05, 3.63) is 20.8 Å². The zero-order valence-corrected chi connectivity index (χ0v) is 13.4. The maximum atomic E-state index is 11.6. The van der Waals surface area contributed by atoms with Crippen LogP contribution in [0, 0.1) is 0 Å². The first-order chi connectivity index (χ1) is 8.43. The van der Waals surface area contributed by atoms with Gasteiger partial charge in [0.25, 0.3) is 0 Å². The molecule has 0 bridgehead atoms. The van der Waals surface area contributed by atoms with Gasteiger partial charge in [0.15, 0.2) is 9.84 Å². The normalized spacial score (nSPS) is 26.1. The molecule has 2 rings (SSSR count). The van der Waals surface area contributed by atoms with Crippen molar-refractivity contribution in [3.8, 4) is 0 Å². The van der Waals surface area contributed by atoms with Crippen LogP contribution in [0.25, 0.3) is 0 Å². The van der Waals surface area contributed by atoms with E-state index in [0.29, 0.717) is 13.1 Å². The minimum absolute atomic E-state index is 0.0261. The quantitative estimate of drug-likeness (QED) is 0.897. The van der Waals surface area contributed by atoms with E-state index in [2.05, 4.69) is 26.9 Å². The number of sulfone groups is 1. The third-order valence-electron chi connectivity index (χ3n) is 3.26. The maximum absolute atomic E-state index is 11.6. The van der Waals surface area contributed by atoms with E-state index in [9.17, 15) is 8.42 Å². The Kier molecular flexibility index (Phi) is 4.48. The summed E-state index contributed by atoms with van der Waals surface area (Å²) < 4.78 is 24.2. The van der Waals surface area contributed by atoms with Gasteiger partial charge in [-0.2, -0.15) is 0 Å². The molecule has 7 heteroatoms. The van der Waals surface area contributed by atoms with Gasteiger partial charge >= 0.3 is 0 Å². The standard InChI is InChI=1S/C11H17BrN2O2S2/c1-8-7-18(15,16)3-2-14(8)10(5-13)11-4-9(12)6-17-11/h4,6,8,10H,2-3,5,7,13H2,1H3. The highest BCUT2D eigenvalue weighted by Crippen LogP contribution is 2.31. The monoisotopic (exact) mass is 352 g/mol. The Balaban J connectivity index is 2.19. The minimum Gasteiger partial charge on any atom is -0.329 e. The molecule has 2 unspecified atom stereocenters. The highest BCUT2D eigenvalue weighted by atomic mass is 79.9. The molecular weight excluding hydrogens is 336 g/mol. The van der Waals surface area contributed by atoms with Crippen LogP contribution >= 0.6 is 27.3 Å². The van der Waals surface area contributed by atoms with E-state index in [-0.39, 0.29) is 23.6 Å². The Hall–Kier alpha value is 0.0500. The zero-order valence-electron chi connectivity index (χ0n) is 10.2. The summed E-state index contributed by atoms with van der Waals surface area (Å²) in [5, 5.41) is 2.03. The zero-order chi connectivity index (χ0) is 13.3. The van der Waals surface area contributed by atoms with Gasteiger partial charge in [0.2, 0.25) is 0 Å². The van der Waals surface area contributed by atoms with E-state index in [1.54, 1.807) is 11.3 Å². The summed E-state index contributed by atoms with van der Waals surface area (Å²) in [5.74, 6) is 0.469. The second kappa shape index (κ2) is 5.58. The Morgan fingerprint density at radius 1 is 1.67 bits per heavy atom. The van der Waals surface area contributed by atoms with Crippen molar-refractivity contribution in [1.82, 2.24) is 4.90 Å². The summed E-state index contributed by atoms with van der Waals surface area (Å²) in [7, 11) is -2.87. The number of hydrogen-bond acceptors (Lipinski definition) is 5. The van der Waals surface area contributed by atoms with Crippen LogP contribution in [0.3, 0.4) is 0 Å². The Bertz CT molecular complexity index is 515. The van der Waals surface area contributed by atoms with Crippen LogP contribution in [0.4, 0.5) is 0 Å². The lowest BCUT2D eigenvalue weighted by Crippen LogP contribution is -2.49. The maximum Gasteiger partial charge on any atom is 0.153 e. The third kappa shape index (κ3) is 3.14. The summed E-state index contributed by atoms with van der Waals surface area (Å²) >= 11 is 5.10. The second-order valence-corrected chi connectivity index (χ2v) is 8.71. The number of hydrogen-bond donors (Lipinski definition) is 1. The highest BCUT2D eigenvalue weighted by Gasteiger charge is 2.33. The van der Waals surface area contributed by atoms with Gasteiger partial charge in [-0.05, 0) is 28.9 Å². The van der Waals surface area contributed by atoms with Crippen LogP contribution in [0.2, 0.25) is 0 Å². The molecule has 102 valence electrons. The van der Waals surface area contributed by atoms with Crippen molar-refractivity contribution >= 4 is 37.1 Å². The molecule has 0 radical (unpaired) electrons. The first kappa shape index (κ1) is 14.5. The summed E-state index contributed by atoms with van der Waals surface area (Å²) in [6.07, 6.45) is 0. The van der Waals surface area contributed by atoms with Crippen molar-refractivity contribution in [2.45, 2.75) is 19.0 Å². The van der Waals surface area contributed by atoms with Crippen LogP contribution in [0.15, 0.2) is 15.9 Å². The molecule has 0 aliphatic carbocycles. The number of nitrogens with zero attached hydrogens (tertiary/aromatic N) is 1. The van der Waals surface area contributed by atoms with Crippen LogP contribution in [-0.4, -0.2) is 44.0 Å². The van der Waals surface area contributed by atoms with Gasteiger partial charge in [0.1, 0.15) is 0 Å². The molecule has 2 atom stereocenters. The van der Waals surface area contributed by atoms with Crippen molar-refractivity contribution in [2.75, 3.05) is 24.6 Å². The molecule has 1 aromatic rings. The molecule has 1 saturated heterocycles. The fourth-order valence-corrected chi connectivity index (χ4v) is 5.55. The van der Waals surface area contributed by atoms with Crippen molar-refractivity contribution < 1.29 is 8.42 Å². The molecule has 0 saturated carbocycles. The number of thiophene rings is 1. The predicted octanol–water partition coefficient (Wildman–Crippen LogP) is 1.63. The molecule has 4 nitrogen and oxygen atoms in total. The Labute approximate surface area is 120 Å². The molecule has 18 heavy (non-hydrogen) atoms. The Morgan fingerprint density at radius 3 is 2.89 bits per heavy atom. The molecule has 1 aliphatic heterocycles. The molecule has 0 spiro atoms. The molecule has 1 aliphatic rings. The van der Waals surface area contributed by atoms with Gasteiger partial charge in [-0.25, -0.2) is 8.42 Å². The van der Waals surface area contributed by atoms with Crippen LogP contribution in [0.5, 0.6) is 0 Å². The SMILES string of the molecule is CC1CS(=O)(=O)CCN1C(CN)c1cc(Br)cs1. The van der Waals surface area contributed by atoms with Crippen LogP contribution in [-0.2, 0) is 9.84 Å². The largest absolute Gasteiger partial charge is 0.329 e. The van der Waals surface area contributed by atoms with E-state index < -0.39 is 9.84 Å². The Morgan fingerprint density at radius 2 is 2.39 bits per heavy atom. The van der Waals surface area contributed by atoms with E-state index in [1.165, 1.54) is 4.88 Å². The van der Waals surface area contributed by atoms with Crippen LogP contribution < -0.4 is 5.73 Å². The van der Waals surface area contributed by atoms with Crippen molar-refractivity contribution in [2.24, 2.45) is 5.73 Å². The van der Waals surface area contributed by atoms with E-state index >= 15 is 0 Å². The third-order valence-corrected chi connectivity index (χ3v) is 6.85. The summed E-state index contributed by atoms with van der Waals surface area (Å²) in [6.45, 7) is 3.04. The number of rotatable bonds is 3. The van der Waals surface area contributed by atoms with Gasteiger partial charge in [0.05, 0.1) is 17.5 Å². The summed E-state index contributed by atoms with van der Waals surface area (Å²) in [5.41, 5.74) is 5.87. The summed E-state index contributed by atoms with van der Waals surface area (Å²) in [6, 6.07) is 2.21. The number of nitrogens with two attached hydrogens (primary N) is 1. The average molecular weight is 353 g/mol. The van der Waals surface area contributed by atoms with Crippen molar-refractivity contribution in [3.63, 3.8) is 0 Å². The fraction of sp³-hybridized carbons (Fsp3) is 0.636. The minimum atomic E-state index is -2.87. The van der Waals surface area contributed by atoms with Crippen LogP contribution in [0.1, 0.15) is 17.8 Å². The van der Waals surface area contributed by atoms with E-state index in [4.69, 9.17) is 5.73 Å². The fourth-order valence-electron chi connectivity index (χ4n) is 2.39. The van der Waals surface area contributed by atoms with Gasteiger partial charge in [-0.15, -0.1) is 11.3 Å². The van der Waals surface area contributed by atoms with E-state index in [1.807, 2.05) is 12.3 Å². The lowest BCUT2D eigenvalue weighted by Gasteiger charge is -2.38. The van der Waals surface area contributed by atoms with Gasteiger partial charge in [-0.1, -0.05) is 0 Å². The first-order valence-electron chi connectivity index (χ1n) is 5.83. The molecule has 0 aromatic carbocycles. The smallest absolute Gasteiger partial charge is 0.153 e. The molecule has 2 N–H and O–H groups in total. The second-order valence-electron chi connectivity index (χ2n) is 4.62. The topological polar surface area (TPSA) is 63.4 Å². The molecular formula is C11H17BrN2O2S2. The van der Waals surface area contributed by atoms with Gasteiger partial charge < -0.3 is 5.73 Å². The lowest BCUT2D eigenvalue weighted by atomic mass is 10.1. The predicted molar refractivity (Wildman–Crippen MR) is 78.6 cm³/mol. The highest BCUT2D eigenvalue weighted by molar-refractivity contribution is 9.10. The van der Waals surface area contributed by atoms with Gasteiger partial charge in [0, 0.05) is 33.9 Å². The number of halogens is 1. The molecule has 2 heterocycles. The average Bonchev–Trinajstić information content (AvgIpc) is 2.68. The molecule has 1 fully saturated rings. The van der Waals surface area contributed by atoms with Gasteiger partial charge in [-0.3, -0.25) is 4.90 Å². The van der Waals surface area contributed by atoms with E-state index in [0.717, 1.165) is 4.47 Å². The first-order valence-corrected chi connectivity index (χ1v) is 9.32.